The van der Waals surface area contributed by atoms with Crippen LogP contribution in [0.3, 0.4) is 0 Å². The molecule has 0 aliphatic carbocycles. The number of rotatable bonds is 5. The van der Waals surface area contributed by atoms with E-state index in [2.05, 4.69) is 26.6 Å². The molecule has 0 unspecified atom stereocenters. The maximum Gasteiger partial charge on any atom is 0.170 e. The van der Waals surface area contributed by atoms with Crippen LogP contribution in [-0.4, -0.2) is 25.4 Å². The average molecular weight is 321 g/mol. The van der Waals surface area contributed by atoms with Gasteiger partial charge in [-0.3, -0.25) is 0 Å². The van der Waals surface area contributed by atoms with Gasteiger partial charge in [-0.2, -0.15) is 0 Å². The van der Waals surface area contributed by atoms with Crippen LogP contribution in [0.15, 0.2) is 22.7 Å². The number of anilines is 1. The van der Waals surface area contributed by atoms with Crippen LogP contribution in [-0.2, 0) is 4.74 Å². The summed E-state index contributed by atoms with van der Waals surface area (Å²) in [6.45, 7) is 1.40. The SMILES string of the molecule is COCCCNC(=S)Nc1ccc(Br)c(F)c1. The minimum absolute atomic E-state index is 0.322. The molecule has 0 aliphatic heterocycles. The first kappa shape index (κ1) is 14.3. The molecule has 0 amide bonds. The normalized spacial score (nSPS) is 10.1. The van der Waals surface area contributed by atoms with E-state index < -0.39 is 0 Å². The third kappa shape index (κ3) is 5.43. The molecular formula is C11H14BrFN2OS. The van der Waals surface area contributed by atoms with E-state index >= 15 is 0 Å². The quantitative estimate of drug-likeness (QED) is 0.645. The Morgan fingerprint density at radius 3 is 2.94 bits per heavy atom. The minimum Gasteiger partial charge on any atom is -0.385 e. The second-order valence-corrected chi connectivity index (χ2v) is 4.62. The van der Waals surface area contributed by atoms with Crippen molar-refractivity contribution in [2.24, 2.45) is 0 Å². The lowest BCUT2D eigenvalue weighted by Gasteiger charge is -2.10. The molecule has 2 N–H and O–H groups in total. The van der Waals surface area contributed by atoms with E-state index in [1.54, 1.807) is 19.2 Å². The van der Waals surface area contributed by atoms with Gasteiger partial charge in [0.2, 0.25) is 0 Å². The molecule has 0 heterocycles. The van der Waals surface area contributed by atoms with Gasteiger partial charge in [-0.1, -0.05) is 0 Å². The maximum atomic E-state index is 13.2. The lowest BCUT2D eigenvalue weighted by Crippen LogP contribution is -2.29. The zero-order valence-electron chi connectivity index (χ0n) is 9.43. The maximum absolute atomic E-state index is 13.2. The summed E-state index contributed by atoms with van der Waals surface area (Å²) in [4.78, 5) is 0. The van der Waals surface area contributed by atoms with Crippen molar-refractivity contribution >= 4 is 38.9 Å². The van der Waals surface area contributed by atoms with Crippen molar-refractivity contribution in [3.63, 3.8) is 0 Å². The fourth-order valence-corrected chi connectivity index (χ4v) is 1.63. The molecule has 0 saturated heterocycles. The molecule has 0 saturated carbocycles. The summed E-state index contributed by atoms with van der Waals surface area (Å²) in [5.41, 5.74) is 0.620. The van der Waals surface area contributed by atoms with Crippen LogP contribution in [0.25, 0.3) is 0 Å². The van der Waals surface area contributed by atoms with Crippen molar-refractivity contribution in [1.82, 2.24) is 5.32 Å². The zero-order valence-corrected chi connectivity index (χ0v) is 11.8. The Labute approximate surface area is 114 Å². The van der Waals surface area contributed by atoms with Crippen LogP contribution in [0.2, 0.25) is 0 Å². The van der Waals surface area contributed by atoms with Gasteiger partial charge in [0.25, 0.3) is 0 Å². The van der Waals surface area contributed by atoms with E-state index in [4.69, 9.17) is 17.0 Å². The predicted octanol–water partition coefficient (Wildman–Crippen LogP) is 2.91. The molecule has 17 heavy (non-hydrogen) atoms. The lowest BCUT2D eigenvalue weighted by molar-refractivity contribution is 0.196. The standard InChI is InChI=1S/C11H14BrFN2OS/c1-16-6-2-5-14-11(17)15-8-3-4-9(12)10(13)7-8/h3-4,7H,2,5-6H2,1H3,(H2,14,15,17). The molecule has 0 fully saturated rings. The first-order valence-electron chi connectivity index (χ1n) is 5.12. The third-order valence-corrected chi connectivity index (χ3v) is 2.88. The number of methoxy groups -OCH3 is 1. The molecule has 0 radical (unpaired) electrons. The Morgan fingerprint density at radius 2 is 2.29 bits per heavy atom. The third-order valence-electron chi connectivity index (χ3n) is 1.99. The molecule has 3 nitrogen and oxygen atoms in total. The van der Waals surface area contributed by atoms with Crippen molar-refractivity contribution in [1.29, 1.82) is 0 Å². The number of ether oxygens (including phenoxy) is 1. The number of hydrogen-bond donors (Lipinski definition) is 2. The summed E-state index contributed by atoms with van der Waals surface area (Å²) in [7, 11) is 1.65. The fourth-order valence-electron chi connectivity index (χ4n) is 1.17. The minimum atomic E-state index is -0.322. The molecule has 0 aromatic heterocycles. The first-order chi connectivity index (χ1) is 8.13. The van der Waals surface area contributed by atoms with E-state index in [0.717, 1.165) is 13.0 Å². The Morgan fingerprint density at radius 1 is 1.53 bits per heavy atom. The monoisotopic (exact) mass is 320 g/mol. The molecule has 1 aromatic rings. The number of hydrogen-bond acceptors (Lipinski definition) is 2. The summed E-state index contributed by atoms with van der Waals surface area (Å²) in [6, 6.07) is 4.76. The lowest BCUT2D eigenvalue weighted by atomic mass is 10.3. The highest BCUT2D eigenvalue weighted by molar-refractivity contribution is 9.10. The van der Waals surface area contributed by atoms with Gasteiger partial charge in [0.15, 0.2) is 5.11 Å². The van der Waals surface area contributed by atoms with Crippen LogP contribution < -0.4 is 10.6 Å². The van der Waals surface area contributed by atoms with Gasteiger partial charge >= 0.3 is 0 Å². The highest BCUT2D eigenvalue weighted by Crippen LogP contribution is 2.19. The largest absolute Gasteiger partial charge is 0.385 e. The molecular weight excluding hydrogens is 307 g/mol. The first-order valence-corrected chi connectivity index (χ1v) is 6.32. The van der Waals surface area contributed by atoms with E-state index in [1.165, 1.54) is 6.07 Å². The van der Waals surface area contributed by atoms with Gasteiger partial charge < -0.3 is 15.4 Å². The molecule has 94 valence electrons. The van der Waals surface area contributed by atoms with Crippen molar-refractivity contribution in [2.45, 2.75) is 6.42 Å². The Bertz CT molecular complexity index is 390. The van der Waals surface area contributed by atoms with Crippen LogP contribution in [0.4, 0.5) is 10.1 Å². The van der Waals surface area contributed by atoms with Crippen molar-refractivity contribution in [3.8, 4) is 0 Å². The fraction of sp³-hybridized carbons (Fsp3) is 0.364. The summed E-state index contributed by atoms with van der Waals surface area (Å²) in [5.74, 6) is -0.322. The number of thiocarbonyl (C=S) groups is 1. The zero-order chi connectivity index (χ0) is 12.7. The highest BCUT2D eigenvalue weighted by atomic mass is 79.9. The van der Waals surface area contributed by atoms with Gasteiger partial charge in [0, 0.05) is 25.9 Å². The van der Waals surface area contributed by atoms with Crippen LogP contribution in [0, 0.1) is 5.82 Å². The van der Waals surface area contributed by atoms with Gasteiger partial charge in [0.05, 0.1) is 4.47 Å². The van der Waals surface area contributed by atoms with Gasteiger partial charge in [-0.05, 0) is 52.8 Å². The predicted molar refractivity (Wildman–Crippen MR) is 74.8 cm³/mol. The number of nitrogens with one attached hydrogen (secondary N) is 2. The van der Waals surface area contributed by atoms with Crippen LogP contribution in [0.1, 0.15) is 6.42 Å². The van der Waals surface area contributed by atoms with E-state index in [-0.39, 0.29) is 5.82 Å². The summed E-state index contributed by atoms with van der Waals surface area (Å²) >= 11 is 8.15. The smallest absolute Gasteiger partial charge is 0.170 e. The topological polar surface area (TPSA) is 33.3 Å². The summed E-state index contributed by atoms with van der Waals surface area (Å²) in [5, 5.41) is 6.39. The van der Waals surface area contributed by atoms with Gasteiger partial charge in [0.1, 0.15) is 5.82 Å². The molecule has 1 rings (SSSR count). The highest BCUT2D eigenvalue weighted by Gasteiger charge is 2.02. The Balaban J connectivity index is 2.37. The van der Waals surface area contributed by atoms with Crippen molar-refractivity contribution < 1.29 is 9.13 Å². The second kappa shape index (κ2) is 7.58. The van der Waals surface area contributed by atoms with Crippen LogP contribution >= 0.6 is 28.1 Å². The van der Waals surface area contributed by atoms with E-state index in [1.807, 2.05) is 0 Å². The molecule has 1 aromatic carbocycles. The van der Waals surface area contributed by atoms with E-state index in [9.17, 15) is 4.39 Å². The van der Waals surface area contributed by atoms with Crippen molar-refractivity contribution in [3.05, 3.63) is 28.5 Å². The van der Waals surface area contributed by atoms with E-state index in [0.29, 0.717) is 21.9 Å². The summed E-state index contributed by atoms with van der Waals surface area (Å²) < 4.78 is 18.6. The van der Waals surface area contributed by atoms with Gasteiger partial charge in [-0.25, -0.2) is 4.39 Å². The number of benzene rings is 1. The Hall–Kier alpha value is -0.720. The summed E-state index contributed by atoms with van der Waals surface area (Å²) in [6.07, 6.45) is 0.868. The molecule has 0 atom stereocenters. The number of halogens is 2. The van der Waals surface area contributed by atoms with Crippen molar-refractivity contribution in [2.75, 3.05) is 25.6 Å². The van der Waals surface area contributed by atoms with Gasteiger partial charge in [-0.15, -0.1) is 0 Å². The second-order valence-electron chi connectivity index (χ2n) is 3.36. The average Bonchev–Trinajstić information content (AvgIpc) is 2.30. The molecule has 0 bridgehead atoms. The molecule has 6 heteroatoms. The Kier molecular flexibility index (Phi) is 6.39. The molecule has 0 aliphatic rings. The molecule has 0 spiro atoms. The van der Waals surface area contributed by atoms with Crippen LogP contribution in [0.5, 0.6) is 0 Å².